The van der Waals surface area contributed by atoms with Gasteiger partial charge in [0.05, 0.1) is 17.7 Å². The van der Waals surface area contributed by atoms with Crippen LogP contribution in [0.5, 0.6) is 0 Å². The summed E-state index contributed by atoms with van der Waals surface area (Å²) in [6.45, 7) is 1.34. The van der Waals surface area contributed by atoms with Gasteiger partial charge in [-0.15, -0.1) is 0 Å². The maximum absolute atomic E-state index is 12.3. The summed E-state index contributed by atoms with van der Waals surface area (Å²) in [5, 5.41) is 13.7. The third kappa shape index (κ3) is 3.80. The highest BCUT2D eigenvalue weighted by molar-refractivity contribution is 5.93. The van der Waals surface area contributed by atoms with Crippen LogP contribution in [-0.2, 0) is 0 Å². The molecule has 8 nitrogen and oxygen atoms in total. The van der Waals surface area contributed by atoms with Crippen LogP contribution in [0, 0.1) is 0 Å². The number of aliphatic hydroxyl groups is 1. The van der Waals surface area contributed by atoms with Crippen LogP contribution in [-0.4, -0.2) is 56.2 Å². The lowest BCUT2D eigenvalue weighted by atomic mass is 9.93. The molecule has 2 N–H and O–H groups in total. The first kappa shape index (κ1) is 16.8. The third-order valence-electron chi connectivity index (χ3n) is 4.84. The molecule has 136 valence electrons. The summed E-state index contributed by atoms with van der Waals surface area (Å²) in [6, 6.07) is 1.76. The van der Waals surface area contributed by atoms with Gasteiger partial charge in [-0.25, -0.2) is 19.9 Å². The lowest BCUT2D eigenvalue weighted by molar-refractivity contribution is 0.0252. The van der Waals surface area contributed by atoms with Gasteiger partial charge in [-0.1, -0.05) is 0 Å². The molecule has 4 rings (SSSR count). The molecule has 1 saturated carbocycles. The van der Waals surface area contributed by atoms with E-state index in [0.717, 1.165) is 31.6 Å². The molecule has 1 saturated heterocycles. The molecule has 2 aromatic heterocycles. The number of carbonyl (C=O) groups is 1. The monoisotopic (exact) mass is 354 g/mol. The predicted molar refractivity (Wildman–Crippen MR) is 94.8 cm³/mol. The topological polar surface area (TPSA) is 104 Å². The first-order valence-electron chi connectivity index (χ1n) is 8.97. The summed E-state index contributed by atoms with van der Waals surface area (Å²) < 4.78 is 0. The average molecular weight is 354 g/mol. The standard InChI is InChI=1S/C18H22N6O2/c25-16(14-9-21-15(22-10-14)13-3-4-13)23-11-18(26)5-1-8-24(12-18)17-19-6-2-7-20-17/h2,6-7,9-10,13,26H,1,3-5,8,11-12H2,(H,23,25)/t18-/m1/s1. The Morgan fingerprint density at radius 1 is 1.23 bits per heavy atom. The molecule has 1 aliphatic carbocycles. The predicted octanol–water partition coefficient (Wildman–Crippen LogP) is 0.905. The second-order valence-corrected chi connectivity index (χ2v) is 7.09. The number of hydrogen-bond acceptors (Lipinski definition) is 7. The maximum atomic E-state index is 12.3. The van der Waals surface area contributed by atoms with Crippen molar-refractivity contribution in [3.05, 3.63) is 42.2 Å². The molecule has 0 aromatic carbocycles. The van der Waals surface area contributed by atoms with Crippen LogP contribution in [0.3, 0.4) is 0 Å². The highest BCUT2D eigenvalue weighted by atomic mass is 16.3. The molecular weight excluding hydrogens is 332 g/mol. The van der Waals surface area contributed by atoms with Crippen molar-refractivity contribution in [3.8, 4) is 0 Å². The lowest BCUT2D eigenvalue weighted by Crippen LogP contribution is -2.54. The highest BCUT2D eigenvalue weighted by Crippen LogP contribution is 2.37. The number of aromatic nitrogens is 4. The van der Waals surface area contributed by atoms with Crippen LogP contribution < -0.4 is 10.2 Å². The molecule has 1 amide bonds. The van der Waals surface area contributed by atoms with Gasteiger partial charge in [0, 0.05) is 43.8 Å². The Morgan fingerprint density at radius 2 is 1.96 bits per heavy atom. The quantitative estimate of drug-likeness (QED) is 0.822. The number of hydrogen-bond donors (Lipinski definition) is 2. The fraction of sp³-hybridized carbons (Fsp3) is 0.500. The van der Waals surface area contributed by atoms with E-state index in [-0.39, 0.29) is 12.5 Å². The van der Waals surface area contributed by atoms with E-state index < -0.39 is 5.60 Å². The Balaban J connectivity index is 1.35. The van der Waals surface area contributed by atoms with Gasteiger partial charge >= 0.3 is 0 Å². The number of amides is 1. The molecule has 2 aliphatic rings. The second kappa shape index (κ2) is 6.95. The van der Waals surface area contributed by atoms with Crippen LogP contribution in [0.25, 0.3) is 0 Å². The average Bonchev–Trinajstić information content (AvgIpc) is 3.52. The molecule has 1 atom stereocenters. The van der Waals surface area contributed by atoms with Crippen molar-refractivity contribution in [2.75, 3.05) is 24.5 Å². The Morgan fingerprint density at radius 3 is 2.65 bits per heavy atom. The summed E-state index contributed by atoms with van der Waals surface area (Å²) in [7, 11) is 0. The Bertz CT molecular complexity index is 765. The van der Waals surface area contributed by atoms with E-state index in [1.165, 1.54) is 0 Å². The van der Waals surface area contributed by atoms with Gasteiger partial charge in [-0.2, -0.15) is 0 Å². The van der Waals surface area contributed by atoms with E-state index in [2.05, 4.69) is 25.3 Å². The zero-order chi connectivity index (χ0) is 18.0. The Kier molecular flexibility index (Phi) is 4.50. The largest absolute Gasteiger partial charge is 0.386 e. The number of rotatable bonds is 5. The lowest BCUT2D eigenvalue weighted by Gasteiger charge is -2.39. The van der Waals surface area contributed by atoms with Gasteiger partial charge in [-0.3, -0.25) is 4.79 Å². The molecular formula is C18H22N6O2. The zero-order valence-electron chi connectivity index (χ0n) is 14.5. The molecule has 0 bridgehead atoms. The summed E-state index contributed by atoms with van der Waals surface area (Å²) in [5.74, 6) is 1.60. The fourth-order valence-electron chi connectivity index (χ4n) is 3.24. The zero-order valence-corrected chi connectivity index (χ0v) is 14.5. The van der Waals surface area contributed by atoms with Crippen molar-refractivity contribution in [1.82, 2.24) is 25.3 Å². The molecule has 0 unspecified atom stereocenters. The van der Waals surface area contributed by atoms with E-state index in [9.17, 15) is 9.90 Å². The molecule has 8 heteroatoms. The number of carbonyl (C=O) groups excluding carboxylic acids is 1. The third-order valence-corrected chi connectivity index (χ3v) is 4.84. The normalized spacial score (nSPS) is 22.9. The number of nitrogens with zero attached hydrogens (tertiary/aromatic N) is 5. The Hall–Kier alpha value is -2.61. The molecule has 0 spiro atoms. The Labute approximate surface area is 151 Å². The molecule has 2 aromatic rings. The summed E-state index contributed by atoms with van der Waals surface area (Å²) >= 11 is 0. The number of piperidine rings is 1. The molecule has 2 fully saturated rings. The van der Waals surface area contributed by atoms with Gasteiger partial charge in [0.15, 0.2) is 0 Å². The van der Waals surface area contributed by atoms with Gasteiger partial charge in [0.25, 0.3) is 5.91 Å². The highest BCUT2D eigenvalue weighted by Gasteiger charge is 2.34. The number of anilines is 1. The molecule has 26 heavy (non-hydrogen) atoms. The summed E-state index contributed by atoms with van der Waals surface area (Å²) in [4.78, 5) is 31.3. The summed E-state index contributed by atoms with van der Waals surface area (Å²) in [5.41, 5.74) is -0.598. The minimum absolute atomic E-state index is 0.166. The molecule has 1 aliphatic heterocycles. The van der Waals surface area contributed by atoms with Crippen molar-refractivity contribution in [1.29, 1.82) is 0 Å². The van der Waals surface area contributed by atoms with Crippen LogP contribution in [0.4, 0.5) is 5.95 Å². The smallest absolute Gasteiger partial charge is 0.254 e. The van der Waals surface area contributed by atoms with E-state index >= 15 is 0 Å². The van der Waals surface area contributed by atoms with Gasteiger partial charge < -0.3 is 15.3 Å². The fourth-order valence-corrected chi connectivity index (χ4v) is 3.24. The van der Waals surface area contributed by atoms with E-state index in [4.69, 9.17) is 0 Å². The second-order valence-electron chi connectivity index (χ2n) is 7.09. The van der Waals surface area contributed by atoms with Crippen molar-refractivity contribution in [3.63, 3.8) is 0 Å². The van der Waals surface area contributed by atoms with Gasteiger partial charge in [0.1, 0.15) is 5.82 Å². The van der Waals surface area contributed by atoms with Crippen LogP contribution in [0.15, 0.2) is 30.9 Å². The summed E-state index contributed by atoms with van der Waals surface area (Å²) in [6.07, 6.45) is 10.2. The SMILES string of the molecule is O=C(NC[C@]1(O)CCCN(c2ncccn2)C1)c1cnc(C2CC2)nc1. The van der Waals surface area contributed by atoms with Crippen LogP contribution >= 0.6 is 0 Å². The molecule has 0 radical (unpaired) electrons. The van der Waals surface area contributed by atoms with E-state index in [0.29, 0.717) is 30.4 Å². The number of nitrogens with one attached hydrogen (secondary N) is 1. The molecule has 3 heterocycles. The maximum Gasteiger partial charge on any atom is 0.254 e. The van der Waals surface area contributed by atoms with Crippen LogP contribution in [0.1, 0.15) is 47.8 Å². The minimum atomic E-state index is -1.01. The van der Waals surface area contributed by atoms with Gasteiger partial charge in [0.2, 0.25) is 5.95 Å². The first-order chi connectivity index (χ1) is 12.6. The number of β-amino-alcohol motifs (C(OH)–C–C–N with tert-alkyl or cyclic N) is 1. The van der Waals surface area contributed by atoms with E-state index in [1.54, 1.807) is 30.9 Å². The van der Waals surface area contributed by atoms with E-state index in [1.807, 2.05) is 4.90 Å². The van der Waals surface area contributed by atoms with Crippen molar-refractivity contribution in [2.45, 2.75) is 37.2 Å². The minimum Gasteiger partial charge on any atom is -0.386 e. The van der Waals surface area contributed by atoms with Crippen LogP contribution in [0.2, 0.25) is 0 Å². The first-order valence-corrected chi connectivity index (χ1v) is 8.97. The van der Waals surface area contributed by atoms with Crippen molar-refractivity contribution < 1.29 is 9.90 Å². The van der Waals surface area contributed by atoms with Crippen molar-refractivity contribution in [2.24, 2.45) is 0 Å². The van der Waals surface area contributed by atoms with Gasteiger partial charge in [-0.05, 0) is 31.7 Å². The van der Waals surface area contributed by atoms with Crippen molar-refractivity contribution >= 4 is 11.9 Å².